The third kappa shape index (κ3) is 5.27. The van der Waals surface area contributed by atoms with Crippen LogP contribution in [-0.2, 0) is 19.6 Å². The van der Waals surface area contributed by atoms with Crippen molar-refractivity contribution in [2.24, 2.45) is 5.73 Å². The molecule has 8 heteroatoms. The van der Waals surface area contributed by atoms with Crippen LogP contribution in [0.1, 0.15) is 23.2 Å². The van der Waals surface area contributed by atoms with Crippen LogP contribution in [0.3, 0.4) is 0 Å². The Bertz CT molecular complexity index is 580. The van der Waals surface area contributed by atoms with E-state index in [-0.39, 0.29) is 18.6 Å². The fourth-order valence-corrected chi connectivity index (χ4v) is 2.56. The summed E-state index contributed by atoms with van der Waals surface area (Å²) in [6.45, 7) is 0. The van der Waals surface area contributed by atoms with Crippen LogP contribution in [0.5, 0.6) is 0 Å². The molecule has 0 spiro atoms. The number of carbonyl (C=O) groups excluding carboxylic acids is 2. The fraction of sp³-hybridized carbons (Fsp3) is 0.333. The Morgan fingerprint density at radius 2 is 1.85 bits per heavy atom. The highest BCUT2D eigenvalue weighted by Gasteiger charge is 2.12. The largest absolute Gasteiger partial charge is 0.469 e. The number of ether oxygens (including phenoxy) is 1. The number of primary amides is 1. The lowest BCUT2D eigenvalue weighted by Crippen LogP contribution is -2.18. The molecule has 0 heterocycles. The van der Waals surface area contributed by atoms with Crippen molar-refractivity contribution in [3.63, 3.8) is 0 Å². The van der Waals surface area contributed by atoms with Gasteiger partial charge in [-0.2, -0.15) is 0 Å². The second-order valence-corrected chi connectivity index (χ2v) is 5.88. The summed E-state index contributed by atoms with van der Waals surface area (Å²) >= 11 is 0. The molecule has 1 amide bonds. The van der Waals surface area contributed by atoms with Crippen molar-refractivity contribution in [3.05, 3.63) is 29.8 Å². The Hall–Kier alpha value is -2.09. The molecule has 3 N–H and O–H groups in total. The van der Waals surface area contributed by atoms with Crippen molar-refractivity contribution < 1.29 is 22.7 Å². The molecule has 110 valence electrons. The number of benzene rings is 1. The van der Waals surface area contributed by atoms with E-state index in [2.05, 4.69) is 9.46 Å². The van der Waals surface area contributed by atoms with Crippen LogP contribution in [-0.4, -0.2) is 33.2 Å². The number of rotatable bonds is 7. The lowest BCUT2D eigenvalue weighted by Gasteiger charge is -2.08. The highest BCUT2D eigenvalue weighted by Crippen LogP contribution is 2.12. The smallest absolute Gasteiger partial charge is 0.305 e. The minimum Gasteiger partial charge on any atom is -0.469 e. The van der Waals surface area contributed by atoms with E-state index in [1.807, 2.05) is 0 Å². The molecule has 0 unspecified atom stereocenters. The van der Waals surface area contributed by atoms with Crippen molar-refractivity contribution in [2.45, 2.75) is 12.8 Å². The van der Waals surface area contributed by atoms with Crippen molar-refractivity contribution in [3.8, 4) is 0 Å². The molecule has 0 saturated heterocycles. The van der Waals surface area contributed by atoms with Gasteiger partial charge in [-0.3, -0.25) is 14.3 Å². The average molecular weight is 300 g/mol. The van der Waals surface area contributed by atoms with Gasteiger partial charge in [-0.05, 0) is 30.7 Å². The van der Waals surface area contributed by atoms with Crippen LogP contribution in [0.2, 0.25) is 0 Å². The van der Waals surface area contributed by atoms with Crippen LogP contribution in [0.4, 0.5) is 5.69 Å². The number of anilines is 1. The SMILES string of the molecule is COC(=O)CCCS(=O)(=O)Nc1ccc(C(N)=O)cc1. The number of hydrogen-bond donors (Lipinski definition) is 2. The Morgan fingerprint density at radius 3 is 2.35 bits per heavy atom. The van der Waals surface area contributed by atoms with E-state index >= 15 is 0 Å². The maximum Gasteiger partial charge on any atom is 0.305 e. The zero-order valence-corrected chi connectivity index (χ0v) is 11.8. The first kappa shape index (κ1) is 16.0. The van der Waals surface area contributed by atoms with Crippen LogP contribution in [0.15, 0.2) is 24.3 Å². The van der Waals surface area contributed by atoms with E-state index in [4.69, 9.17) is 5.73 Å². The van der Waals surface area contributed by atoms with E-state index in [1.54, 1.807) is 0 Å². The first-order chi connectivity index (χ1) is 9.34. The topological polar surface area (TPSA) is 116 Å². The molecular formula is C12H16N2O5S. The first-order valence-corrected chi connectivity index (χ1v) is 7.46. The molecule has 0 radical (unpaired) electrons. The van der Waals surface area contributed by atoms with Gasteiger partial charge in [0.15, 0.2) is 0 Å². The quantitative estimate of drug-likeness (QED) is 0.711. The molecular weight excluding hydrogens is 284 g/mol. The molecule has 0 fully saturated rings. The molecule has 0 aromatic heterocycles. The Labute approximate surface area is 117 Å². The van der Waals surface area contributed by atoms with E-state index in [0.717, 1.165) is 0 Å². The molecule has 20 heavy (non-hydrogen) atoms. The Balaban J connectivity index is 2.57. The average Bonchev–Trinajstić information content (AvgIpc) is 2.38. The van der Waals surface area contributed by atoms with Crippen LogP contribution < -0.4 is 10.5 Å². The number of sulfonamides is 1. The van der Waals surface area contributed by atoms with Gasteiger partial charge < -0.3 is 10.5 Å². The van der Waals surface area contributed by atoms with E-state index in [0.29, 0.717) is 11.3 Å². The summed E-state index contributed by atoms with van der Waals surface area (Å²) in [4.78, 5) is 21.7. The second-order valence-electron chi connectivity index (χ2n) is 4.04. The maximum absolute atomic E-state index is 11.7. The first-order valence-electron chi connectivity index (χ1n) is 5.81. The van der Waals surface area contributed by atoms with Crippen molar-refractivity contribution in [2.75, 3.05) is 17.6 Å². The summed E-state index contributed by atoms with van der Waals surface area (Å²) in [7, 11) is -2.30. The summed E-state index contributed by atoms with van der Waals surface area (Å²) in [6.07, 6.45) is 0.208. The molecule has 1 aromatic carbocycles. The fourth-order valence-electron chi connectivity index (χ4n) is 1.44. The Kier molecular flexibility index (Phi) is 5.51. The predicted molar refractivity (Wildman–Crippen MR) is 73.6 cm³/mol. The zero-order chi connectivity index (χ0) is 15.2. The third-order valence-corrected chi connectivity index (χ3v) is 3.84. The number of methoxy groups -OCH3 is 1. The zero-order valence-electron chi connectivity index (χ0n) is 11.0. The van der Waals surface area contributed by atoms with Gasteiger partial charge in [0.2, 0.25) is 15.9 Å². The third-order valence-electron chi connectivity index (χ3n) is 2.46. The van der Waals surface area contributed by atoms with Gasteiger partial charge in [-0.25, -0.2) is 8.42 Å². The maximum atomic E-state index is 11.7. The van der Waals surface area contributed by atoms with Gasteiger partial charge in [0.05, 0.1) is 12.9 Å². The monoisotopic (exact) mass is 300 g/mol. The number of amides is 1. The number of esters is 1. The highest BCUT2D eigenvalue weighted by molar-refractivity contribution is 7.92. The number of carbonyl (C=O) groups is 2. The van der Waals surface area contributed by atoms with E-state index in [1.165, 1.54) is 31.4 Å². The summed E-state index contributed by atoms with van der Waals surface area (Å²) in [6, 6.07) is 5.74. The van der Waals surface area contributed by atoms with Gasteiger partial charge in [0.1, 0.15) is 0 Å². The number of nitrogens with two attached hydrogens (primary N) is 1. The van der Waals surface area contributed by atoms with Gasteiger partial charge in [0, 0.05) is 17.7 Å². The van der Waals surface area contributed by atoms with Gasteiger partial charge in [-0.15, -0.1) is 0 Å². The normalized spacial score (nSPS) is 10.8. The minimum absolute atomic E-state index is 0.0397. The molecule has 0 saturated carbocycles. The number of nitrogens with one attached hydrogen (secondary N) is 1. The molecule has 1 aromatic rings. The van der Waals surface area contributed by atoms with Crippen LogP contribution >= 0.6 is 0 Å². The molecule has 1 rings (SSSR count). The lowest BCUT2D eigenvalue weighted by molar-refractivity contribution is -0.140. The van der Waals surface area contributed by atoms with Crippen LogP contribution in [0, 0.1) is 0 Å². The molecule has 0 aliphatic heterocycles. The van der Waals surface area contributed by atoms with Crippen LogP contribution in [0.25, 0.3) is 0 Å². The lowest BCUT2D eigenvalue weighted by atomic mass is 10.2. The molecule has 0 aliphatic carbocycles. The summed E-state index contributed by atoms with van der Waals surface area (Å²) < 4.78 is 30.2. The molecule has 7 nitrogen and oxygen atoms in total. The van der Waals surface area contributed by atoms with E-state index in [9.17, 15) is 18.0 Å². The predicted octanol–water partition coefficient (Wildman–Crippen LogP) is 0.480. The van der Waals surface area contributed by atoms with E-state index < -0.39 is 21.9 Å². The van der Waals surface area contributed by atoms with Crippen molar-refractivity contribution >= 4 is 27.6 Å². The molecule has 0 atom stereocenters. The van der Waals surface area contributed by atoms with Gasteiger partial charge in [-0.1, -0.05) is 0 Å². The van der Waals surface area contributed by atoms with Crippen molar-refractivity contribution in [1.82, 2.24) is 0 Å². The molecule has 0 bridgehead atoms. The standard InChI is InChI=1S/C12H16N2O5S/c1-19-11(15)3-2-8-20(17,18)14-10-6-4-9(5-7-10)12(13)16/h4-7,14H,2-3,8H2,1H3,(H2,13,16). The minimum atomic E-state index is -3.55. The summed E-state index contributed by atoms with van der Waals surface area (Å²) in [5.41, 5.74) is 5.69. The second kappa shape index (κ2) is 6.90. The summed E-state index contributed by atoms with van der Waals surface area (Å²) in [5.74, 6) is -1.23. The summed E-state index contributed by atoms with van der Waals surface area (Å²) in [5, 5.41) is 0. The Morgan fingerprint density at radius 1 is 1.25 bits per heavy atom. The number of hydrogen-bond acceptors (Lipinski definition) is 5. The van der Waals surface area contributed by atoms with Crippen molar-refractivity contribution in [1.29, 1.82) is 0 Å². The highest BCUT2D eigenvalue weighted by atomic mass is 32.2. The van der Waals surface area contributed by atoms with Gasteiger partial charge in [0.25, 0.3) is 0 Å². The van der Waals surface area contributed by atoms with Gasteiger partial charge >= 0.3 is 5.97 Å². The molecule has 0 aliphatic rings.